The fourth-order valence-corrected chi connectivity index (χ4v) is 1.62. The van der Waals surface area contributed by atoms with E-state index in [1.54, 1.807) is 19.4 Å². The number of halogens is 1. The molecule has 0 saturated carbocycles. The van der Waals surface area contributed by atoms with Gasteiger partial charge in [-0.15, -0.1) is 0 Å². The van der Waals surface area contributed by atoms with Crippen LogP contribution in [0.1, 0.15) is 15.9 Å². The number of imidazole rings is 1. The van der Waals surface area contributed by atoms with E-state index in [2.05, 4.69) is 0 Å². The van der Waals surface area contributed by atoms with Gasteiger partial charge in [-0.25, -0.2) is 14.0 Å². The minimum Gasteiger partial charge on any atom is -0.478 e. The fraction of sp³-hybridized carbons (Fsp3) is 0.167. The zero-order chi connectivity index (χ0) is 13.3. The van der Waals surface area contributed by atoms with Gasteiger partial charge in [-0.3, -0.25) is 4.57 Å². The SMILES string of the molecule is Cn1ccn(Cc2ccc(C(=O)O)cc2F)c1=O. The second-order valence-corrected chi connectivity index (χ2v) is 3.93. The summed E-state index contributed by atoms with van der Waals surface area (Å²) >= 11 is 0. The quantitative estimate of drug-likeness (QED) is 0.886. The van der Waals surface area contributed by atoms with Gasteiger partial charge in [-0.05, 0) is 12.1 Å². The van der Waals surface area contributed by atoms with Crippen LogP contribution in [-0.4, -0.2) is 20.2 Å². The van der Waals surface area contributed by atoms with E-state index in [1.807, 2.05) is 0 Å². The Labute approximate surface area is 102 Å². The molecule has 5 nitrogen and oxygen atoms in total. The Morgan fingerprint density at radius 1 is 1.39 bits per heavy atom. The molecule has 0 aliphatic heterocycles. The predicted octanol–water partition coefficient (Wildman–Crippen LogP) is 1.07. The molecular formula is C12H11FN2O3. The summed E-state index contributed by atoms with van der Waals surface area (Å²) in [6, 6.07) is 3.64. The number of aryl methyl sites for hydroxylation is 1. The largest absolute Gasteiger partial charge is 0.478 e. The van der Waals surface area contributed by atoms with Crippen molar-refractivity contribution < 1.29 is 14.3 Å². The summed E-state index contributed by atoms with van der Waals surface area (Å²) in [4.78, 5) is 22.2. The van der Waals surface area contributed by atoms with E-state index < -0.39 is 11.8 Å². The summed E-state index contributed by atoms with van der Waals surface area (Å²) in [5.41, 5.74) is -0.0957. The molecule has 1 heterocycles. The number of hydrogen-bond donors (Lipinski definition) is 1. The number of rotatable bonds is 3. The highest BCUT2D eigenvalue weighted by atomic mass is 19.1. The standard InChI is InChI=1S/C12H11FN2O3/c1-14-4-5-15(12(14)18)7-9-3-2-8(11(16)17)6-10(9)13/h2-6H,7H2,1H3,(H,16,17). The second-order valence-electron chi connectivity index (χ2n) is 3.93. The fourth-order valence-electron chi connectivity index (χ4n) is 1.62. The molecule has 0 amide bonds. The van der Waals surface area contributed by atoms with Crippen molar-refractivity contribution >= 4 is 5.97 Å². The van der Waals surface area contributed by atoms with Crippen molar-refractivity contribution in [1.82, 2.24) is 9.13 Å². The van der Waals surface area contributed by atoms with Gasteiger partial charge in [0.25, 0.3) is 0 Å². The van der Waals surface area contributed by atoms with Crippen molar-refractivity contribution in [2.45, 2.75) is 6.54 Å². The van der Waals surface area contributed by atoms with Crippen LogP contribution in [-0.2, 0) is 13.6 Å². The van der Waals surface area contributed by atoms with E-state index in [0.29, 0.717) is 0 Å². The van der Waals surface area contributed by atoms with E-state index >= 15 is 0 Å². The predicted molar refractivity (Wildman–Crippen MR) is 62.1 cm³/mol. The van der Waals surface area contributed by atoms with Gasteiger partial charge in [0, 0.05) is 25.0 Å². The third kappa shape index (κ3) is 2.17. The number of hydrogen-bond acceptors (Lipinski definition) is 2. The van der Waals surface area contributed by atoms with Crippen LogP contribution < -0.4 is 5.69 Å². The Kier molecular flexibility index (Phi) is 3.01. The highest BCUT2D eigenvalue weighted by Gasteiger charge is 2.09. The van der Waals surface area contributed by atoms with E-state index in [-0.39, 0.29) is 23.4 Å². The molecule has 2 aromatic rings. The summed E-state index contributed by atoms with van der Waals surface area (Å²) < 4.78 is 16.4. The van der Waals surface area contributed by atoms with Gasteiger partial charge in [0.2, 0.25) is 0 Å². The Morgan fingerprint density at radius 2 is 2.11 bits per heavy atom. The number of nitrogens with zero attached hydrogens (tertiary/aromatic N) is 2. The molecule has 0 spiro atoms. The third-order valence-electron chi connectivity index (χ3n) is 2.66. The van der Waals surface area contributed by atoms with Crippen LogP contribution in [0.25, 0.3) is 0 Å². The minimum atomic E-state index is -1.18. The van der Waals surface area contributed by atoms with Gasteiger partial charge in [0.15, 0.2) is 0 Å². The van der Waals surface area contributed by atoms with Gasteiger partial charge >= 0.3 is 11.7 Å². The highest BCUT2D eigenvalue weighted by Crippen LogP contribution is 2.11. The lowest BCUT2D eigenvalue weighted by Crippen LogP contribution is -2.22. The van der Waals surface area contributed by atoms with Gasteiger partial charge < -0.3 is 9.67 Å². The van der Waals surface area contributed by atoms with Gasteiger partial charge in [-0.1, -0.05) is 6.07 Å². The molecule has 6 heteroatoms. The maximum Gasteiger partial charge on any atom is 0.335 e. The molecule has 0 fully saturated rings. The molecule has 0 radical (unpaired) electrons. The zero-order valence-electron chi connectivity index (χ0n) is 9.63. The van der Waals surface area contributed by atoms with E-state index in [0.717, 1.165) is 6.07 Å². The lowest BCUT2D eigenvalue weighted by Gasteiger charge is -2.04. The molecule has 0 atom stereocenters. The van der Waals surface area contributed by atoms with E-state index in [9.17, 15) is 14.0 Å². The number of aromatic carboxylic acids is 1. The molecule has 18 heavy (non-hydrogen) atoms. The van der Waals surface area contributed by atoms with Crippen molar-refractivity contribution in [3.63, 3.8) is 0 Å². The average Bonchev–Trinajstić information content (AvgIpc) is 2.63. The van der Waals surface area contributed by atoms with Gasteiger partial charge in [0.05, 0.1) is 12.1 Å². The molecule has 0 unspecified atom stereocenters. The van der Waals surface area contributed by atoms with Crippen molar-refractivity contribution in [1.29, 1.82) is 0 Å². The number of benzene rings is 1. The molecule has 0 aliphatic carbocycles. The molecular weight excluding hydrogens is 239 g/mol. The van der Waals surface area contributed by atoms with Crippen LogP contribution in [0.3, 0.4) is 0 Å². The number of aromatic nitrogens is 2. The second kappa shape index (κ2) is 4.48. The van der Waals surface area contributed by atoms with E-state index in [1.165, 1.54) is 21.3 Å². The highest BCUT2D eigenvalue weighted by molar-refractivity contribution is 5.87. The van der Waals surface area contributed by atoms with Gasteiger partial charge in [-0.2, -0.15) is 0 Å². The molecule has 0 bridgehead atoms. The van der Waals surface area contributed by atoms with Crippen LogP contribution >= 0.6 is 0 Å². The lowest BCUT2D eigenvalue weighted by atomic mass is 10.1. The molecule has 1 N–H and O–H groups in total. The Balaban J connectivity index is 2.33. The first kappa shape index (κ1) is 12.1. The summed E-state index contributed by atoms with van der Waals surface area (Å²) in [6.07, 6.45) is 3.12. The molecule has 2 rings (SSSR count). The van der Waals surface area contributed by atoms with Crippen LogP contribution in [0.4, 0.5) is 4.39 Å². The average molecular weight is 250 g/mol. The first-order chi connectivity index (χ1) is 8.49. The summed E-state index contributed by atoms with van der Waals surface area (Å²) in [7, 11) is 1.60. The molecule has 94 valence electrons. The van der Waals surface area contributed by atoms with Crippen LogP contribution in [0, 0.1) is 5.82 Å². The molecule has 0 aliphatic rings. The van der Waals surface area contributed by atoms with Crippen molar-refractivity contribution in [3.05, 3.63) is 58.0 Å². The summed E-state index contributed by atoms with van der Waals surface area (Å²) in [5.74, 6) is -1.82. The van der Waals surface area contributed by atoms with Gasteiger partial charge in [0.1, 0.15) is 5.82 Å². The minimum absolute atomic E-state index is 0.0748. The smallest absolute Gasteiger partial charge is 0.335 e. The maximum absolute atomic E-state index is 13.6. The van der Waals surface area contributed by atoms with Crippen LogP contribution in [0.5, 0.6) is 0 Å². The van der Waals surface area contributed by atoms with Crippen LogP contribution in [0.15, 0.2) is 35.4 Å². The number of carboxylic acids is 1. The normalized spacial score (nSPS) is 10.6. The first-order valence-corrected chi connectivity index (χ1v) is 5.22. The number of carboxylic acid groups (broad SMARTS) is 1. The molecule has 0 saturated heterocycles. The monoisotopic (exact) mass is 250 g/mol. The Morgan fingerprint density at radius 3 is 2.61 bits per heavy atom. The van der Waals surface area contributed by atoms with Crippen molar-refractivity contribution in [2.24, 2.45) is 7.05 Å². The topological polar surface area (TPSA) is 64.2 Å². The Bertz CT molecular complexity index is 658. The Hall–Kier alpha value is -2.37. The molecule has 1 aromatic carbocycles. The summed E-state index contributed by atoms with van der Waals surface area (Å²) in [6.45, 7) is 0.0748. The van der Waals surface area contributed by atoms with Crippen LogP contribution in [0.2, 0.25) is 0 Å². The maximum atomic E-state index is 13.6. The number of carbonyl (C=O) groups is 1. The third-order valence-corrected chi connectivity index (χ3v) is 2.66. The summed E-state index contributed by atoms with van der Waals surface area (Å²) in [5, 5.41) is 8.71. The first-order valence-electron chi connectivity index (χ1n) is 5.22. The lowest BCUT2D eigenvalue weighted by molar-refractivity contribution is 0.0696. The van der Waals surface area contributed by atoms with Crippen molar-refractivity contribution in [3.8, 4) is 0 Å². The molecule has 1 aromatic heterocycles. The van der Waals surface area contributed by atoms with E-state index in [4.69, 9.17) is 5.11 Å². The zero-order valence-corrected chi connectivity index (χ0v) is 9.63. The van der Waals surface area contributed by atoms with Crippen molar-refractivity contribution in [2.75, 3.05) is 0 Å².